The lowest BCUT2D eigenvalue weighted by molar-refractivity contribution is 0.0349. The van der Waals surface area contributed by atoms with Crippen LogP contribution in [0.1, 0.15) is 85.9 Å². The minimum atomic E-state index is -0.500. The Labute approximate surface area is 151 Å². The van der Waals surface area contributed by atoms with Crippen molar-refractivity contribution in [2.75, 3.05) is 0 Å². The van der Waals surface area contributed by atoms with Crippen LogP contribution in [0.5, 0.6) is 0 Å². The van der Waals surface area contributed by atoms with Gasteiger partial charge >= 0.3 is 6.09 Å². The summed E-state index contributed by atoms with van der Waals surface area (Å²) >= 11 is 0. The quantitative estimate of drug-likeness (QED) is 0.867. The maximum Gasteiger partial charge on any atom is 0.408 e. The number of nitrogens with one attached hydrogen (secondary N) is 1. The van der Waals surface area contributed by atoms with Gasteiger partial charge in [-0.05, 0) is 51.9 Å². The van der Waals surface area contributed by atoms with Crippen molar-refractivity contribution >= 4 is 6.09 Å². The second kappa shape index (κ2) is 6.61. The van der Waals surface area contributed by atoms with Gasteiger partial charge in [0.2, 0.25) is 5.89 Å². The molecule has 0 aromatic carbocycles. The average molecular weight is 351 g/mol. The summed E-state index contributed by atoms with van der Waals surface area (Å²) < 4.78 is 10.8. The van der Waals surface area contributed by atoms with Crippen LogP contribution >= 0.6 is 0 Å². The van der Waals surface area contributed by atoms with E-state index < -0.39 is 5.60 Å². The van der Waals surface area contributed by atoms with Gasteiger partial charge in [-0.1, -0.05) is 32.9 Å². The lowest BCUT2D eigenvalue weighted by atomic mass is 9.70. The Morgan fingerprint density at radius 2 is 2.00 bits per heavy atom. The van der Waals surface area contributed by atoms with Crippen molar-refractivity contribution in [3.63, 3.8) is 0 Å². The molecule has 1 aromatic heterocycles. The van der Waals surface area contributed by atoms with E-state index >= 15 is 0 Å². The summed E-state index contributed by atoms with van der Waals surface area (Å²) in [6.45, 7) is 16.2. The van der Waals surface area contributed by atoms with Crippen LogP contribution in [0.15, 0.2) is 4.52 Å². The summed E-state index contributed by atoms with van der Waals surface area (Å²) in [5, 5.41) is 7.24. The number of hydrogen-bond acceptors (Lipinski definition) is 5. The van der Waals surface area contributed by atoms with Gasteiger partial charge in [0.05, 0.1) is 0 Å². The van der Waals surface area contributed by atoms with E-state index in [0.717, 1.165) is 25.1 Å². The van der Waals surface area contributed by atoms with Gasteiger partial charge < -0.3 is 14.6 Å². The molecule has 25 heavy (non-hydrogen) atoms. The summed E-state index contributed by atoms with van der Waals surface area (Å²) in [4.78, 5) is 16.8. The minimum absolute atomic E-state index is 0.109. The number of alkyl carbamates (subject to hydrolysis) is 1. The van der Waals surface area contributed by atoms with Gasteiger partial charge in [0.25, 0.3) is 0 Å². The van der Waals surface area contributed by atoms with E-state index in [1.54, 1.807) is 0 Å². The molecule has 2 rings (SSSR count). The maximum atomic E-state index is 12.3. The Kier molecular flexibility index (Phi) is 5.22. The fraction of sp³-hybridized carbons (Fsp3) is 0.842. The normalized spacial score (nSPS) is 26.0. The molecule has 0 radical (unpaired) electrons. The maximum absolute atomic E-state index is 12.3. The summed E-state index contributed by atoms with van der Waals surface area (Å²) in [5.41, 5.74) is -0.937. The second-order valence-corrected chi connectivity index (χ2v) is 9.32. The molecule has 1 aliphatic rings. The van der Waals surface area contributed by atoms with Crippen molar-refractivity contribution < 1.29 is 14.1 Å². The first-order valence-electron chi connectivity index (χ1n) is 9.18. The fourth-order valence-electron chi connectivity index (χ4n) is 3.51. The monoisotopic (exact) mass is 351 g/mol. The number of rotatable bonds is 4. The predicted molar refractivity (Wildman–Crippen MR) is 96.4 cm³/mol. The third-order valence-electron chi connectivity index (χ3n) is 5.62. The van der Waals surface area contributed by atoms with Crippen molar-refractivity contribution in [1.82, 2.24) is 15.5 Å². The number of carbonyl (C=O) groups is 1. The molecule has 0 unspecified atom stereocenters. The Bertz CT molecular complexity index is 616. The molecule has 1 aliphatic carbocycles. The highest BCUT2D eigenvalue weighted by Gasteiger charge is 2.52. The van der Waals surface area contributed by atoms with E-state index in [-0.39, 0.29) is 23.0 Å². The van der Waals surface area contributed by atoms with E-state index in [0.29, 0.717) is 11.8 Å². The molecule has 1 N–H and O–H groups in total. The van der Waals surface area contributed by atoms with Crippen molar-refractivity contribution in [2.24, 2.45) is 11.3 Å². The zero-order valence-electron chi connectivity index (χ0n) is 16.9. The molecule has 1 saturated carbocycles. The summed E-state index contributed by atoms with van der Waals surface area (Å²) in [7, 11) is 0. The van der Waals surface area contributed by atoms with Crippen LogP contribution < -0.4 is 5.32 Å². The van der Waals surface area contributed by atoms with E-state index in [1.165, 1.54) is 0 Å². The molecular formula is C19H33N3O3. The number of aromatic nitrogens is 2. The van der Waals surface area contributed by atoms with E-state index in [9.17, 15) is 4.79 Å². The van der Waals surface area contributed by atoms with Crippen molar-refractivity contribution in [3.05, 3.63) is 11.7 Å². The first-order valence-corrected chi connectivity index (χ1v) is 9.18. The molecule has 0 spiro atoms. The molecule has 0 bridgehead atoms. The first kappa shape index (κ1) is 19.7. The molecule has 1 heterocycles. The van der Waals surface area contributed by atoms with Crippen molar-refractivity contribution in [1.29, 1.82) is 0 Å². The highest BCUT2D eigenvalue weighted by molar-refractivity contribution is 5.69. The van der Waals surface area contributed by atoms with Crippen molar-refractivity contribution in [2.45, 2.75) is 91.7 Å². The van der Waals surface area contributed by atoms with Gasteiger partial charge in [-0.2, -0.15) is 4.98 Å². The van der Waals surface area contributed by atoms with Crippen LogP contribution in [0.4, 0.5) is 4.79 Å². The summed E-state index contributed by atoms with van der Waals surface area (Å²) in [6.07, 6.45) is 2.31. The van der Waals surface area contributed by atoms with Gasteiger partial charge in [0.1, 0.15) is 5.60 Å². The molecule has 2 atom stereocenters. The topological polar surface area (TPSA) is 77.2 Å². The molecule has 142 valence electrons. The third-order valence-corrected chi connectivity index (χ3v) is 5.62. The van der Waals surface area contributed by atoms with Gasteiger partial charge in [-0.3, -0.25) is 0 Å². The van der Waals surface area contributed by atoms with Crippen LogP contribution in [-0.4, -0.2) is 27.4 Å². The molecule has 0 aliphatic heterocycles. The molecule has 1 amide bonds. The van der Waals surface area contributed by atoms with Gasteiger partial charge in [-0.15, -0.1) is 0 Å². The lowest BCUT2D eigenvalue weighted by Crippen LogP contribution is -2.55. The Balaban J connectivity index is 2.07. The van der Waals surface area contributed by atoms with Crippen LogP contribution in [-0.2, 0) is 11.2 Å². The first-order chi connectivity index (χ1) is 11.3. The smallest absolute Gasteiger partial charge is 0.408 e. The van der Waals surface area contributed by atoms with Crippen LogP contribution in [0.3, 0.4) is 0 Å². The number of carbonyl (C=O) groups excluding carboxylic acids is 1. The molecule has 0 saturated heterocycles. The summed E-state index contributed by atoms with van der Waals surface area (Å²) in [6, 6.07) is 0. The number of nitrogens with zero attached hydrogens (tertiary/aromatic N) is 2. The minimum Gasteiger partial charge on any atom is -0.444 e. The lowest BCUT2D eigenvalue weighted by Gasteiger charge is -2.42. The zero-order valence-corrected chi connectivity index (χ0v) is 16.9. The van der Waals surface area contributed by atoms with Gasteiger partial charge in [-0.25, -0.2) is 4.79 Å². The van der Waals surface area contributed by atoms with Crippen LogP contribution in [0.25, 0.3) is 0 Å². The number of hydrogen-bond donors (Lipinski definition) is 1. The predicted octanol–water partition coefficient (Wildman–Crippen LogP) is 4.46. The van der Waals surface area contributed by atoms with Gasteiger partial charge in [0.15, 0.2) is 5.82 Å². The van der Waals surface area contributed by atoms with Crippen LogP contribution in [0.2, 0.25) is 0 Å². The van der Waals surface area contributed by atoms with Crippen molar-refractivity contribution in [3.8, 4) is 0 Å². The van der Waals surface area contributed by atoms with Crippen LogP contribution in [0, 0.1) is 11.3 Å². The molecule has 1 aromatic rings. The van der Waals surface area contributed by atoms with Gasteiger partial charge in [0, 0.05) is 17.9 Å². The standard InChI is InChI=1S/C19H33N3O3/c1-12(2)15-20-14(22-25-15)11-13-9-10-19(8,18(13,6)7)21-16(23)24-17(3,4)5/h12-13H,9-11H2,1-8H3,(H,21,23)/t13-,19-/m0/s1. The molecule has 6 nitrogen and oxygen atoms in total. The largest absolute Gasteiger partial charge is 0.444 e. The Morgan fingerprint density at radius 3 is 2.52 bits per heavy atom. The Hall–Kier alpha value is -1.59. The number of amides is 1. The highest BCUT2D eigenvalue weighted by atomic mass is 16.6. The average Bonchev–Trinajstić information content (AvgIpc) is 2.96. The van der Waals surface area contributed by atoms with E-state index in [2.05, 4.69) is 36.2 Å². The summed E-state index contributed by atoms with van der Waals surface area (Å²) in [5.74, 6) is 2.03. The highest BCUT2D eigenvalue weighted by Crippen LogP contribution is 2.51. The third kappa shape index (κ3) is 4.33. The SMILES string of the molecule is CC(C)c1nc(C[C@@H]2CC[C@](C)(NC(=O)OC(C)(C)C)C2(C)C)no1. The molecule has 6 heteroatoms. The Morgan fingerprint density at radius 1 is 1.36 bits per heavy atom. The molecule has 1 fully saturated rings. The second-order valence-electron chi connectivity index (χ2n) is 9.32. The number of ether oxygens (including phenoxy) is 1. The van der Waals surface area contributed by atoms with E-state index in [1.807, 2.05) is 34.6 Å². The zero-order chi connectivity index (χ0) is 19.0. The molecular weight excluding hydrogens is 318 g/mol. The van der Waals surface area contributed by atoms with E-state index in [4.69, 9.17) is 9.26 Å². The fourth-order valence-corrected chi connectivity index (χ4v) is 3.51.